The maximum atomic E-state index is 2.55. The Hall–Kier alpha value is -7.98. The van der Waals surface area contributed by atoms with Crippen molar-refractivity contribution in [2.75, 3.05) is 0 Å². The summed E-state index contributed by atoms with van der Waals surface area (Å²) in [7, 11) is -2.83. The van der Waals surface area contributed by atoms with Gasteiger partial charge >= 0.3 is 0 Å². The standard InChI is InChI=1S/C60H42N2Si/c1-6-20-43(21-7-1)44-36-38-46(39-37-44)61-55-33-17-16-30-52(55)53-32-19-35-58(60(53)61)62-56-41-40-50(42-54(56)59-51(31-18-34-57(59)62)45-22-8-2-9-23-45)63(47-24-10-3-11-25-47,48-26-12-4-13-27-48)49-28-14-5-15-29-49/h1-42H. The lowest BCUT2D eigenvalue weighted by atomic mass is 9.99. The van der Waals surface area contributed by atoms with Crippen LogP contribution in [-0.4, -0.2) is 17.2 Å². The molecule has 2 heterocycles. The molecule has 0 amide bonds. The molecule has 0 aliphatic heterocycles. The van der Waals surface area contributed by atoms with E-state index in [0.717, 1.165) is 11.4 Å². The summed E-state index contributed by atoms with van der Waals surface area (Å²) >= 11 is 0. The summed E-state index contributed by atoms with van der Waals surface area (Å²) in [5.74, 6) is 0. The first-order valence-corrected chi connectivity index (χ1v) is 23.8. The molecule has 0 saturated carbocycles. The van der Waals surface area contributed by atoms with Crippen LogP contribution >= 0.6 is 0 Å². The van der Waals surface area contributed by atoms with E-state index in [-0.39, 0.29) is 0 Å². The molecule has 12 aromatic rings. The topological polar surface area (TPSA) is 9.86 Å². The molecule has 0 radical (unpaired) electrons. The van der Waals surface area contributed by atoms with Crippen LogP contribution in [0.1, 0.15) is 0 Å². The summed E-state index contributed by atoms with van der Waals surface area (Å²) in [6, 6.07) is 94.3. The molecule has 0 atom stereocenters. The van der Waals surface area contributed by atoms with Gasteiger partial charge in [-0.25, -0.2) is 0 Å². The second-order valence-electron chi connectivity index (χ2n) is 16.4. The average Bonchev–Trinajstić information content (AvgIpc) is 3.89. The molecule has 3 heteroatoms. The van der Waals surface area contributed by atoms with Crippen LogP contribution in [0.15, 0.2) is 255 Å². The second kappa shape index (κ2) is 15.2. The van der Waals surface area contributed by atoms with Crippen LogP contribution in [0.25, 0.3) is 77.2 Å². The Labute approximate surface area is 368 Å². The monoisotopic (exact) mass is 818 g/mol. The van der Waals surface area contributed by atoms with Gasteiger partial charge < -0.3 is 9.13 Å². The van der Waals surface area contributed by atoms with Crippen LogP contribution in [0, 0.1) is 0 Å². The maximum absolute atomic E-state index is 2.83. The van der Waals surface area contributed by atoms with Crippen molar-refractivity contribution in [2.24, 2.45) is 0 Å². The van der Waals surface area contributed by atoms with Gasteiger partial charge in [-0.3, -0.25) is 0 Å². The fourth-order valence-electron chi connectivity index (χ4n) is 10.4. The fourth-order valence-corrected chi connectivity index (χ4v) is 15.1. The molecule has 63 heavy (non-hydrogen) atoms. The summed E-state index contributed by atoms with van der Waals surface area (Å²) in [4.78, 5) is 0. The van der Waals surface area contributed by atoms with Crippen molar-refractivity contribution in [1.29, 1.82) is 0 Å². The highest BCUT2D eigenvalue weighted by Gasteiger charge is 2.41. The minimum atomic E-state index is -2.83. The van der Waals surface area contributed by atoms with Crippen LogP contribution in [0.5, 0.6) is 0 Å². The molecule has 0 aliphatic rings. The average molecular weight is 819 g/mol. The smallest absolute Gasteiger partial charge is 0.179 e. The van der Waals surface area contributed by atoms with Gasteiger partial charge in [-0.2, -0.15) is 0 Å². The van der Waals surface area contributed by atoms with Gasteiger partial charge in [0.05, 0.1) is 27.8 Å². The third-order valence-electron chi connectivity index (χ3n) is 13.1. The summed E-state index contributed by atoms with van der Waals surface area (Å²) in [5, 5.41) is 10.4. The summed E-state index contributed by atoms with van der Waals surface area (Å²) in [6.07, 6.45) is 0. The van der Waals surface area contributed by atoms with Gasteiger partial charge in [0.15, 0.2) is 8.07 Å². The van der Waals surface area contributed by atoms with Crippen LogP contribution < -0.4 is 20.7 Å². The van der Waals surface area contributed by atoms with E-state index in [0.29, 0.717) is 0 Å². The van der Waals surface area contributed by atoms with Crippen LogP contribution in [0.4, 0.5) is 0 Å². The molecule has 0 bridgehead atoms. The highest BCUT2D eigenvalue weighted by molar-refractivity contribution is 7.20. The van der Waals surface area contributed by atoms with Gasteiger partial charge in [0, 0.05) is 27.2 Å². The van der Waals surface area contributed by atoms with Gasteiger partial charge in [-0.15, -0.1) is 0 Å². The van der Waals surface area contributed by atoms with E-state index in [1.165, 1.54) is 86.6 Å². The molecule has 10 aromatic carbocycles. The second-order valence-corrected chi connectivity index (χ2v) is 20.2. The Bertz CT molecular complexity index is 3480. The summed E-state index contributed by atoms with van der Waals surface area (Å²) in [6.45, 7) is 0. The number of fused-ring (bicyclic) bond motifs is 6. The summed E-state index contributed by atoms with van der Waals surface area (Å²) < 4.78 is 5.01. The molecule has 296 valence electrons. The highest BCUT2D eigenvalue weighted by Crippen LogP contribution is 2.42. The Morgan fingerprint density at radius 2 is 0.778 bits per heavy atom. The third-order valence-corrected chi connectivity index (χ3v) is 17.9. The maximum Gasteiger partial charge on any atom is 0.179 e. The number of hydrogen-bond donors (Lipinski definition) is 0. The normalized spacial score (nSPS) is 11.8. The lowest BCUT2D eigenvalue weighted by Crippen LogP contribution is -2.74. The lowest BCUT2D eigenvalue weighted by molar-refractivity contribution is 1.13. The van der Waals surface area contributed by atoms with Crippen molar-refractivity contribution >= 4 is 72.4 Å². The third kappa shape index (κ3) is 5.85. The number of nitrogens with zero attached hydrogens (tertiary/aromatic N) is 2. The SMILES string of the molecule is c1ccc(-c2ccc(-n3c4ccccc4c4cccc(-n5c6ccc([Si](c7ccccc7)(c7ccccc7)c7ccccc7)cc6c6c(-c7ccccc7)cccc65)c43)cc2)cc1. The lowest BCUT2D eigenvalue weighted by Gasteiger charge is -2.34. The van der Waals surface area contributed by atoms with Crippen molar-refractivity contribution in [1.82, 2.24) is 9.13 Å². The molecule has 0 spiro atoms. The molecule has 2 nitrogen and oxygen atoms in total. The van der Waals surface area contributed by atoms with Crippen molar-refractivity contribution in [3.63, 3.8) is 0 Å². The van der Waals surface area contributed by atoms with Gasteiger partial charge in [-0.05, 0) is 79.4 Å². The molecular formula is C60H42N2Si. The van der Waals surface area contributed by atoms with E-state index >= 15 is 0 Å². The van der Waals surface area contributed by atoms with E-state index < -0.39 is 8.07 Å². The minimum absolute atomic E-state index is 1.13. The van der Waals surface area contributed by atoms with E-state index in [1.54, 1.807) is 0 Å². The molecule has 0 unspecified atom stereocenters. The van der Waals surface area contributed by atoms with Crippen molar-refractivity contribution in [3.05, 3.63) is 255 Å². The highest BCUT2D eigenvalue weighted by atomic mass is 28.3. The van der Waals surface area contributed by atoms with Crippen LogP contribution in [0.3, 0.4) is 0 Å². The van der Waals surface area contributed by atoms with E-state index in [9.17, 15) is 0 Å². The van der Waals surface area contributed by atoms with Crippen LogP contribution in [-0.2, 0) is 0 Å². The zero-order chi connectivity index (χ0) is 41.7. The number of aromatic nitrogens is 2. The van der Waals surface area contributed by atoms with E-state index in [2.05, 4.69) is 264 Å². The first kappa shape index (κ1) is 36.8. The molecule has 0 N–H and O–H groups in total. The molecule has 12 rings (SSSR count). The van der Waals surface area contributed by atoms with E-state index in [4.69, 9.17) is 0 Å². The molecule has 2 aromatic heterocycles. The largest absolute Gasteiger partial charge is 0.307 e. The molecule has 0 fully saturated rings. The Kier molecular flexibility index (Phi) is 8.87. The summed E-state index contributed by atoms with van der Waals surface area (Å²) in [5.41, 5.74) is 11.8. The number of rotatable bonds is 8. The predicted molar refractivity (Wildman–Crippen MR) is 270 cm³/mol. The van der Waals surface area contributed by atoms with E-state index in [1.807, 2.05) is 0 Å². The van der Waals surface area contributed by atoms with Gasteiger partial charge in [-0.1, -0.05) is 218 Å². The zero-order valence-corrected chi connectivity index (χ0v) is 35.6. The Balaban J connectivity index is 1.19. The number of para-hydroxylation sites is 2. The van der Waals surface area contributed by atoms with Gasteiger partial charge in [0.2, 0.25) is 0 Å². The van der Waals surface area contributed by atoms with Crippen molar-refractivity contribution in [3.8, 4) is 33.6 Å². The first-order valence-electron chi connectivity index (χ1n) is 21.8. The van der Waals surface area contributed by atoms with Gasteiger partial charge in [0.1, 0.15) is 0 Å². The number of benzene rings is 10. The number of hydrogen-bond acceptors (Lipinski definition) is 0. The van der Waals surface area contributed by atoms with Crippen molar-refractivity contribution in [2.45, 2.75) is 0 Å². The molecule has 0 saturated heterocycles. The zero-order valence-electron chi connectivity index (χ0n) is 34.6. The minimum Gasteiger partial charge on any atom is -0.307 e. The quantitative estimate of drug-likeness (QED) is 0.107. The fraction of sp³-hybridized carbons (Fsp3) is 0. The Morgan fingerprint density at radius 3 is 1.41 bits per heavy atom. The van der Waals surface area contributed by atoms with Gasteiger partial charge in [0.25, 0.3) is 0 Å². The van der Waals surface area contributed by atoms with Crippen LogP contribution in [0.2, 0.25) is 0 Å². The van der Waals surface area contributed by atoms with Crippen molar-refractivity contribution < 1.29 is 0 Å². The molecular weight excluding hydrogens is 777 g/mol. The Morgan fingerprint density at radius 1 is 0.286 bits per heavy atom. The first-order chi connectivity index (χ1) is 31.3. The predicted octanol–water partition coefficient (Wildman–Crippen LogP) is 12.6. The molecule has 0 aliphatic carbocycles.